The number of carbonyl (C=O) groups excluding carboxylic acids is 2. The van der Waals surface area contributed by atoms with Crippen molar-refractivity contribution in [3.05, 3.63) is 94.0 Å². The smallest absolute Gasteiger partial charge is 0.355 e. The zero-order chi connectivity index (χ0) is 29.7. The molecule has 0 heterocycles. The van der Waals surface area contributed by atoms with Crippen molar-refractivity contribution in [2.75, 3.05) is 17.4 Å². The van der Waals surface area contributed by atoms with Gasteiger partial charge in [-0.15, -0.1) is 0 Å². The number of nitrogens with one attached hydrogen (secondary N) is 1. The number of hydrogen-bond donors (Lipinski definition) is 1. The summed E-state index contributed by atoms with van der Waals surface area (Å²) >= 11 is 12.5. The number of halogens is 5. The Balaban J connectivity index is 2.14. The third-order valence-electron chi connectivity index (χ3n) is 5.97. The maximum atomic E-state index is 13.8. The Morgan fingerprint density at radius 2 is 1.57 bits per heavy atom. The average molecular weight is 616 g/mol. The molecule has 0 spiro atoms. The number of nitrogens with zero attached hydrogens (tertiary/aromatic N) is 2. The standard InChI is InChI=1S/C27H26Cl2F3N3O4S/c1-3-33-26(37)18(2)34(16-19-9-7-8-12-22(19)28)25(36)17-35(40(38,39)21-10-5-4-6-11-21)24-15-20(27(30,31)32)13-14-23(24)29/h4-15,18H,3,16-17H2,1-2H3,(H,33,37)/t18-/m0/s1. The van der Waals surface area contributed by atoms with Gasteiger partial charge in [0.15, 0.2) is 0 Å². The van der Waals surface area contributed by atoms with Crippen molar-refractivity contribution in [3.63, 3.8) is 0 Å². The largest absolute Gasteiger partial charge is 0.416 e. The number of rotatable bonds is 10. The van der Waals surface area contributed by atoms with Crippen molar-refractivity contribution in [2.24, 2.45) is 0 Å². The zero-order valence-electron chi connectivity index (χ0n) is 21.5. The lowest BCUT2D eigenvalue weighted by Crippen LogP contribution is -2.51. The molecule has 214 valence electrons. The number of carbonyl (C=O) groups is 2. The summed E-state index contributed by atoms with van der Waals surface area (Å²) in [5, 5.41) is 2.59. The summed E-state index contributed by atoms with van der Waals surface area (Å²) in [6.45, 7) is 2.28. The summed E-state index contributed by atoms with van der Waals surface area (Å²) in [4.78, 5) is 27.4. The first-order valence-electron chi connectivity index (χ1n) is 12.0. The first kappa shape index (κ1) is 31.3. The van der Waals surface area contributed by atoms with E-state index in [2.05, 4.69) is 5.32 Å². The van der Waals surface area contributed by atoms with Crippen LogP contribution in [0, 0.1) is 0 Å². The van der Waals surface area contributed by atoms with E-state index in [9.17, 15) is 31.2 Å². The van der Waals surface area contributed by atoms with E-state index in [-0.39, 0.29) is 23.0 Å². The molecule has 0 aliphatic carbocycles. The molecule has 0 bridgehead atoms. The van der Waals surface area contributed by atoms with E-state index in [0.717, 1.165) is 11.0 Å². The third-order valence-corrected chi connectivity index (χ3v) is 8.43. The van der Waals surface area contributed by atoms with E-state index in [1.165, 1.54) is 31.2 Å². The number of hydrogen-bond acceptors (Lipinski definition) is 4. The van der Waals surface area contributed by atoms with Gasteiger partial charge in [-0.1, -0.05) is 59.6 Å². The van der Waals surface area contributed by atoms with Gasteiger partial charge in [0.1, 0.15) is 12.6 Å². The summed E-state index contributed by atoms with van der Waals surface area (Å²) < 4.78 is 68.7. The van der Waals surface area contributed by atoms with Gasteiger partial charge in [-0.05, 0) is 55.8 Å². The monoisotopic (exact) mass is 615 g/mol. The summed E-state index contributed by atoms with van der Waals surface area (Å²) in [6, 6.07) is 14.6. The lowest BCUT2D eigenvalue weighted by atomic mass is 10.1. The molecule has 0 fully saturated rings. The summed E-state index contributed by atoms with van der Waals surface area (Å²) in [6.07, 6.45) is -4.81. The van der Waals surface area contributed by atoms with Crippen LogP contribution in [0.2, 0.25) is 10.0 Å². The zero-order valence-corrected chi connectivity index (χ0v) is 23.8. The quantitative estimate of drug-likeness (QED) is 0.314. The van der Waals surface area contributed by atoms with Crippen molar-refractivity contribution in [3.8, 4) is 0 Å². The molecule has 0 aliphatic heterocycles. The van der Waals surface area contributed by atoms with Crippen molar-refractivity contribution in [1.82, 2.24) is 10.2 Å². The molecule has 13 heteroatoms. The molecule has 0 aliphatic rings. The van der Waals surface area contributed by atoms with Gasteiger partial charge in [0.2, 0.25) is 11.8 Å². The maximum Gasteiger partial charge on any atom is 0.416 e. The van der Waals surface area contributed by atoms with Gasteiger partial charge in [-0.2, -0.15) is 13.2 Å². The second-order valence-electron chi connectivity index (χ2n) is 8.67. The van der Waals surface area contributed by atoms with Gasteiger partial charge in [0.25, 0.3) is 10.0 Å². The van der Waals surface area contributed by atoms with E-state index in [4.69, 9.17) is 23.2 Å². The van der Waals surface area contributed by atoms with Gasteiger partial charge in [0.05, 0.1) is 21.2 Å². The van der Waals surface area contributed by atoms with Crippen LogP contribution in [0.25, 0.3) is 0 Å². The molecule has 2 amide bonds. The molecule has 0 unspecified atom stereocenters. The molecule has 3 aromatic rings. The third kappa shape index (κ3) is 7.26. The summed E-state index contributed by atoms with van der Waals surface area (Å²) in [7, 11) is -4.60. The first-order chi connectivity index (χ1) is 18.8. The maximum absolute atomic E-state index is 13.8. The molecule has 3 aromatic carbocycles. The van der Waals surface area contributed by atoms with Gasteiger partial charge < -0.3 is 10.2 Å². The highest BCUT2D eigenvalue weighted by Gasteiger charge is 2.36. The van der Waals surface area contributed by atoms with Crippen LogP contribution >= 0.6 is 23.2 Å². The fourth-order valence-electron chi connectivity index (χ4n) is 3.83. The molecule has 0 aromatic heterocycles. The van der Waals surface area contributed by atoms with E-state index in [0.29, 0.717) is 27.0 Å². The van der Waals surface area contributed by atoms with Crippen LogP contribution in [-0.4, -0.2) is 44.3 Å². The molecular formula is C27H26Cl2F3N3O4S. The Hall–Kier alpha value is -3.28. The van der Waals surface area contributed by atoms with Crippen LogP contribution in [0.15, 0.2) is 77.7 Å². The Morgan fingerprint density at radius 3 is 2.17 bits per heavy atom. The minimum absolute atomic E-state index is 0.174. The highest BCUT2D eigenvalue weighted by Crippen LogP contribution is 2.37. The number of benzene rings is 3. The molecule has 1 atom stereocenters. The number of sulfonamides is 1. The van der Waals surface area contributed by atoms with Crippen LogP contribution in [0.5, 0.6) is 0 Å². The molecule has 1 N–H and O–H groups in total. The van der Waals surface area contributed by atoms with Gasteiger partial charge >= 0.3 is 6.18 Å². The summed E-state index contributed by atoms with van der Waals surface area (Å²) in [5.41, 5.74) is -1.23. The highest BCUT2D eigenvalue weighted by molar-refractivity contribution is 7.92. The van der Waals surface area contributed by atoms with Gasteiger partial charge in [-0.25, -0.2) is 8.42 Å². The lowest BCUT2D eigenvalue weighted by molar-refractivity contribution is -0.139. The second-order valence-corrected chi connectivity index (χ2v) is 11.3. The number of amides is 2. The van der Waals surface area contributed by atoms with Crippen LogP contribution in [0.1, 0.15) is 25.0 Å². The van der Waals surface area contributed by atoms with Crippen LogP contribution in [-0.2, 0) is 32.3 Å². The second kappa shape index (κ2) is 12.9. The van der Waals surface area contributed by atoms with E-state index in [1.54, 1.807) is 37.3 Å². The predicted octanol–water partition coefficient (Wildman–Crippen LogP) is 5.76. The molecule has 0 saturated carbocycles. The van der Waals surface area contributed by atoms with Gasteiger partial charge in [0, 0.05) is 18.1 Å². The Morgan fingerprint density at radius 1 is 0.950 bits per heavy atom. The predicted molar refractivity (Wildman–Crippen MR) is 148 cm³/mol. The van der Waals surface area contributed by atoms with Gasteiger partial charge in [-0.3, -0.25) is 13.9 Å². The minimum atomic E-state index is -4.81. The SMILES string of the molecule is CCNC(=O)[C@H](C)N(Cc1ccccc1Cl)C(=O)CN(c1cc(C(F)(F)F)ccc1Cl)S(=O)(=O)c1ccccc1. The van der Waals surface area contributed by atoms with E-state index >= 15 is 0 Å². The number of alkyl halides is 3. The van der Waals surface area contributed by atoms with Crippen LogP contribution < -0.4 is 9.62 Å². The van der Waals surface area contributed by atoms with E-state index in [1.807, 2.05) is 0 Å². The average Bonchev–Trinajstić information content (AvgIpc) is 2.91. The normalized spacial score (nSPS) is 12.5. The van der Waals surface area contributed by atoms with Crippen molar-refractivity contribution >= 4 is 50.7 Å². The van der Waals surface area contributed by atoms with E-state index < -0.39 is 51.9 Å². The highest BCUT2D eigenvalue weighted by atomic mass is 35.5. The van der Waals surface area contributed by atoms with Crippen molar-refractivity contribution in [1.29, 1.82) is 0 Å². The number of anilines is 1. The van der Waals surface area contributed by atoms with Crippen LogP contribution in [0.4, 0.5) is 18.9 Å². The minimum Gasteiger partial charge on any atom is -0.355 e. The topological polar surface area (TPSA) is 86.8 Å². The molecular weight excluding hydrogens is 590 g/mol. The molecule has 3 rings (SSSR count). The fourth-order valence-corrected chi connectivity index (χ4v) is 5.74. The fraction of sp³-hybridized carbons (Fsp3) is 0.259. The number of likely N-dealkylation sites (N-methyl/N-ethyl adjacent to an activating group) is 1. The molecule has 0 radical (unpaired) electrons. The molecule has 0 saturated heterocycles. The van der Waals surface area contributed by atoms with Crippen LogP contribution in [0.3, 0.4) is 0 Å². The molecule has 7 nitrogen and oxygen atoms in total. The van der Waals surface area contributed by atoms with Crippen molar-refractivity contribution < 1.29 is 31.2 Å². The Bertz CT molecular complexity index is 1470. The molecule has 40 heavy (non-hydrogen) atoms. The van der Waals surface area contributed by atoms with Crippen molar-refractivity contribution in [2.45, 2.75) is 37.5 Å². The summed E-state index contributed by atoms with van der Waals surface area (Å²) in [5.74, 6) is -1.39. The lowest BCUT2D eigenvalue weighted by Gasteiger charge is -2.32. The Labute approximate surface area is 240 Å². The Kier molecular flexibility index (Phi) is 10.1. The first-order valence-corrected chi connectivity index (χ1v) is 14.2.